The van der Waals surface area contributed by atoms with E-state index in [2.05, 4.69) is 92.3 Å². The van der Waals surface area contributed by atoms with Gasteiger partial charge in [0.05, 0.1) is 5.58 Å². The average Bonchev–Trinajstić information content (AvgIpc) is 3.46. The van der Waals surface area contributed by atoms with Crippen LogP contribution in [0.4, 0.5) is 0 Å². The first-order valence-electron chi connectivity index (χ1n) is 14.9. The van der Waals surface area contributed by atoms with Crippen LogP contribution in [0, 0.1) is 12.1 Å². The standard InChI is InChI=1S/C29H24NO2.C11H8N.Ir/c1-17(2)18-14-15-30-24(16-18)21-9-7-8-19-20-12-13-23-28(27(20)32-26(19)21)31-25-11-6-5-10-22(25)29(23,3)4;1-2-6-10(7-3-1)11-8-4-5-9-12-11;/h5-8,10-17H,1-4H3;1-6,8-9H;/q2*-1;. The van der Waals surface area contributed by atoms with Gasteiger partial charge in [-0.2, -0.15) is 0 Å². The van der Waals surface area contributed by atoms with Gasteiger partial charge in [-0.05, 0) is 35.5 Å². The summed E-state index contributed by atoms with van der Waals surface area (Å²) in [7, 11) is 0. The minimum absolute atomic E-state index is 0. The number of ether oxygens (including phenoxy) is 1. The summed E-state index contributed by atoms with van der Waals surface area (Å²) < 4.78 is 13.0. The first-order chi connectivity index (χ1) is 21.4. The minimum Gasteiger partial charge on any atom is -0.497 e. The van der Waals surface area contributed by atoms with Crippen LogP contribution in [0.15, 0.2) is 120 Å². The first kappa shape index (κ1) is 30.5. The van der Waals surface area contributed by atoms with Crippen molar-refractivity contribution in [3.63, 3.8) is 0 Å². The largest absolute Gasteiger partial charge is 0.497 e. The monoisotopic (exact) mass is 765 g/mol. The van der Waals surface area contributed by atoms with E-state index in [0.29, 0.717) is 5.92 Å². The number of para-hydroxylation sites is 1. The van der Waals surface area contributed by atoms with Crippen LogP contribution in [0.2, 0.25) is 0 Å². The predicted molar refractivity (Wildman–Crippen MR) is 177 cm³/mol. The zero-order chi connectivity index (χ0) is 30.3. The molecule has 4 aromatic carbocycles. The normalized spacial score (nSPS) is 12.8. The van der Waals surface area contributed by atoms with Crippen molar-refractivity contribution in [3.05, 3.63) is 144 Å². The van der Waals surface area contributed by atoms with Crippen LogP contribution >= 0.6 is 0 Å². The number of benzene rings is 4. The Morgan fingerprint density at radius 2 is 1.47 bits per heavy atom. The van der Waals surface area contributed by atoms with E-state index in [1.807, 2.05) is 66.9 Å². The molecule has 0 unspecified atom stereocenters. The Balaban J connectivity index is 0.000000231. The van der Waals surface area contributed by atoms with Gasteiger partial charge in [-0.3, -0.25) is 0 Å². The van der Waals surface area contributed by atoms with Gasteiger partial charge in [-0.15, -0.1) is 54.1 Å². The van der Waals surface area contributed by atoms with E-state index in [-0.39, 0.29) is 25.5 Å². The van der Waals surface area contributed by atoms with Crippen LogP contribution in [-0.4, -0.2) is 9.97 Å². The van der Waals surface area contributed by atoms with Crippen LogP contribution < -0.4 is 4.74 Å². The average molecular weight is 765 g/mol. The van der Waals surface area contributed by atoms with Crippen LogP contribution in [-0.2, 0) is 25.5 Å². The molecule has 0 saturated carbocycles. The van der Waals surface area contributed by atoms with Crippen molar-refractivity contribution in [2.75, 3.05) is 0 Å². The van der Waals surface area contributed by atoms with Gasteiger partial charge in [0.2, 0.25) is 0 Å². The Bertz CT molecular complexity index is 2060. The Morgan fingerprint density at radius 1 is 0.689 bits per heavy atom. The number of hydrogen-bond acceptors (Lipinski definition) is 4. The zero-order valence-corrected chi connectivity index (χ0v) is 28.0. The van der Waals surface area contributed by atoms with E-state index in [1.54, 1.807) is 6.20 Å². The molecule has 0 N–H and O–H groups in total. The maximum Gasteiger partial charge on any atom is 0.173 e. The van der Waals surface area contributed by atoms with Gasteiger partial charge in [0, 0.05) is 54.4 Å². The van der Waals surface area contributed by atoms with E-state index in [0.717, 1.165) is 61.5 Å². The Labute approximate surface area is 277 Å². The summed E-state index contributed by atoms with van der Waals surface area (Å²) in [4.78, 5) is 8.85. The second-order valence-electron chi connectivity index (χ2n) is 11.9. The van der Waals surface area contributed by atoms with Crippen molar-refractivity contribution in [2.24, 2.45) is 0 Å². The van der Waals surface area contributed by atoms with E-state index < -0.39 is 0 Å². The Kier molecular flexibility index (Phi) is 8.42. The van der Waals surface area contributed by atoms with Crippen molar-refractivity contribution in [1.29, 1.82) is 0 Å². The third kappa shape index (κ3) is 5.59. The topological polar surface area (TPSA) is 48.2 Å². The van der Waals surface area contributed by atoms with Gasteiger partial charge in [-0.25, -0.2) is 0 Å². The molecular formula is C40H32IrN2O2-2. The second-order valence-corrected chi connectivity index (χ2v) is 11.9. The SMILES string of the molecule is CC(C)c1ccnc(-c2[c-]ccc3c2oc2c4c(ccc23)C(C)(C)c2ccccc2O4)c1.[Ir].[c-]1ccccc1-c1ccccn1. The van der Waals surface area contributed by atoms with Gasteiger partial charge < -0.3 is 19.1 Å². The van der Waals surface area contributed by atoms with E-state index in [1.165, 1.54) is 11.1 Å². The number of fused-ring (bicyclic) bond motifs is 6. The summed E-state index contributed by atoms with van der Waals surface area (Å²) in [5, 5.41) is 2.10. The summed E-state index contributed by atoms with van der Waals surface area (Å²) in [6, 6.07) is 41.0. The summed E-state index contributed by atoms with van der Waals surface area (Å²) in [5.74, 6) is 2.11. The molecule has 4 heterocycles. The molecule has 8 rings (SSSR count). The molecule has 0 spiro atoms. The maximum absolute atomic E-state index is 6.55. The summed E-state index contributed by atoms with van der Waals surface area (Å²) in [5.41, 5.74) is 8.73. The van der Waals surface area contributed by atoms with Crippen molar-refractivity contribution in [3.8, 4) is 34.0 Å². The molecule has 0 atom stereocenters. The molecular weight excluding hydrogens is 733 g/mol. The van der Waals surface area contributed by atoms with E-state index in [9.17, 15) is 0 Å². The van der Waals surface area contributed by atoms with Gasteiger partial charge >= 0.3 is 0 Å². The molecule has 45 heavy (non-hydrogen) atoms. The predicted octanol–water partition coefficient (Wildman–Crippen LogP) is 10.5. The fraction of sp³-hybridized carbons (Fsp3) is 0.150. The van der Waals surface area contributed by atoms with E-state index >= 15 is 0 Å². The zero-order valence-electron chi connectivity index (χ0n) is 25.6. The number of aromatic nitrogens is 2. The molecule has 0 bridgehead atoms. The van der Waals surface area contributed by atoms with Crippen LogP contribution in [0.3, 0.4) is 0 Å². The number of nitrogens with zero attached hydrogens (tertiary/aromatic N) is 2. The molecule has 1 aliphatic heterocycles. The van der Waals surface area contributed by atoms with E-state index in [4.69, 9.17) is 9.15 Å². The molecule has 0 aliphatic carbocycles. The van der Waals surface area contributed by atoms with Crippen molar-refractivity contribution in [2.45, 2.75) is 39.0 Å². The number of pyridine rings is 2. The van der Waals surface area contributed by atoms with Crippen LogP contribution in [0.25, 0.3) is 44.5 Å². The summed E-state index contributed by atoms with van der Waals surface area (Å²) >= 11 is 0. The minimum atomic E-state index is -0.181. The summed E-state index contributed by atoms with van der Waals surface area (Å²) in [6.07, 6.45) is 3.65. The molecule has 1 radical (unpaired) electrons. The fourth-order valence-corrected chi connectivity index (χ4v) is 5.91. The van der Waals surface area contributed by atoms with Gasteiger partial charge in [-0.1, -0.05) is 92.7 Å². The fourth-order valence-electron chi connectivity index (χ4n) is 5.91. The van der Waals surface area contributed by atoms with Crippen molar-refractivity contribution < 1.29 is 29.3 Å². The number of rotatable bonds is 3. The molecule has 0 saturated heterocycles. The van der Waals surface area contributed by atoms with Gasteiger partial charge in [0.25, 0.3) is 0 Å². The van der Waals surface area contributed by atoms with Gasteiger partial charge in [0.15, 0.2) is 11.3 Å². The quantitative estimate of drug-likeness (QED) is 0.168. The number of hydrogen-bond donors (Lipinski definition) is 0. The Hall–Kier alpha value is -4.57. The molecule has 1 aliphatic rings. The summed E-state index contributed by atoms with van der Waals surface area (Å²) in [6.45, 7) is 8.85. The third-order valence-corrected chi connectivity index (χ3v) is 8.36. The molecule has 3 aromatic heterocycles. The smallest absolute Gasteiger partial charge is 0.173 e. The molecule has 5 heteroatoms. The first-order valence-corrected chi connectivity index (χ1v) is 14.9. The maximum atomic E-state index is 6.55. The molecule has 0 amide bonds. The van der Waals surface area contributed by atoms with Crippen molar-refractivity contribution >= 4 is 21.9 Å². The Morgan fingerprint density at radius 3 is 2.24 bits per heavy atom. The van der Waals surface area contributed by atoms with Crippen LogP contribution in [0.1, 0.15) is 50.3 Å². The molecule has 0 fully saturated rings. The van der Waals surface area contributed by atoms with Crippen LogP contribution in [0.5, 0.6) is 11.5 Å². The molecule has 4 nitrogen and oxygen atoms in total. The van der Waals surface area contributed by atoms with Gasteiger partial charge in [0.1, 0.15) is 5.75 Å². The molecule has 225 valence electrons. The number of furan rings is 1. The second kappa shape index (κ2) is 12.4. The van der Waals surface area contributed by atoms with Crippen molar-refractivity contribution in [1.82, 2.24) is 9.97 Å². The third-order valence-electron chi connectivity index (χ3n) is 8.36. The molecule has 7 aromatic rings.